The minimum Gasteiger partial charge on any atom is -0.495 e. The van der Waals surface area contributed by atoms with E-state index in [0.717, 1.165) is 24.3 Å². The Labute approximate surface area is 164 Å². The summed E-state index contributed by atoms with van der Waals surface area (Å²) >= 11 is 5.82. The molecular weight excluding hydrogens is 421 g/mol. The van der Waals surface area contributed by atoms with E-state index >= 15 is 0 Å². The molecule has 0 bridgehead atoms. The van der Waals surface area contributed by atoms with Crippen molar-refractivity contribution in [3.8, 4) is 5.75 Å². The molecule has 0 spiro atoms. The van der Waals surface area contributed by atoms with E-state index < -0.39 is 33.7 Å². The molecule has 0 radical (unpaired) electrons. The van der Waals surface area contributed by atoms with E-state index in [4.69, 9.17) is 16.3 Å². The summed E-state index contributed by atoms with van der Waals surface area (Å²) in [5, 5.41) is 2.50. The third kappa shape index (κ3) is 5.37. The van der Waals surface area contributed by atoms with Crippen LogP contribution in [-0.4, -0.2) is 27.5 Å². The molecule has 0 heterocycles. The number of sulfonamides is 1. The summed E-state index contributed by atoms with van der Waals surface area (Å²) in [6, 6.07) is 6.51. The first-order chi connectivity index (χ1) is 12.9. The van der Waals surface area contributed by atoms with Crippen LogP contribution in [0.3, 0.4) is 0 Å². The Morgan fingerprint density at radius 1 is 1.14 bits per heavy atom. The first-order valence-corrected chi connectivity index (χ1v) is 9.64. The van der Waals surface area contributed by atoms with Crippen LogP contribution < -0.4 is 14.8 Å². The van der Waals surface area contributed by atoms with Gasteiger partial charge in [0, 0.05) is 10.7 Å². The van der Waals surface area contributed by atoms with Gasteiger partial charge in [0.15, 0.2) is 0 Å². The van der Waals surface area contributed by atoms with Crippen molar-refractivity contribution in [1.29, 1.82) is 0 Å². The number of hydrogen-bond acceptors (Lipinski definition) is 4. The third-order valence-corrected chi connectivity index (χ3v) is 5.42. The lowest BCUT2D eigenvalue weighted by Gasteiger charge is -2.16. The van der Waals surface area contributed by atoms with Gasteiger partial charge in [0.25, 0.3) is 0 Å². The fraction of sp³-hybridized carbons (Fsp3) is 0.235. The van der Waals surface area contributed by atoms with Crippen molar-refractivity contribution in [2.24, 2.45) is 0 Å². The third-order valence-electron chi connectivity index (χ3n) is 3.62. The minimum absolute atomic E-state index is 0.0345. The number of halogens is 4. The van der Waals surface area contributed by atoms with Crippen molar-refractivity contribution in [3.63, 3.8) is 0 Å². The van der Waals surface area contributed by atoms with Gasteiger partial charge in [-0.05, 0) is 49.4 Å². The van der Waals surface area contributed by atoms with E-state index in [0.29, 0.717) is 0 Å². The highest BCUT2D eigenvalue weighted by atomic mass is 35.5. The Morgan fingerprint density at radius 3 is 2.29 bits per heavy atom. The number of hydrogen-bond donors (Lipinski definition) is 2. The number of nitrogens with one attached hydrogen (secondary N) is 2. The van der Waals surface area contributed by atoms with Gasteiger partial charge in [0.05, 0.1) is 18.7 Å². The molecule has 2 aromatic carbocycles. The average Bonchev–Trinajstić information content (AvgIpc) is 2.61. The SMILES string of the molecule is COc1ccc(Cl)cc1S(=O)(=O)N[C@H](C)C(=O)Nc1ccc(C(F)(F)F)cc1. The van der Waals surface area contributed by atoms with Crippen LogP contribution in [0.15, 0.2) is 47.4 Å². The van der Waals surface area contributed by atoms with Gasteiger partial charge in [-0.15, -0.1) is 0 Å². The summed E-state index contributed by atoms with van der Waals surface area (Å²) in [5.74, 6) is -0.725. The summed E-state index contributed by atoms with van der Waals surface area (Å²) < 4.78 is 69.9. The van der Waals surface area contributed by atoms with Gasteiger partial charge in [0.2, 0.25) is 15.9 Å². The molecule has 0 aliphatic heterocycles. The van der Waals surface area contributed by atoms with Crippen LogP contribution in [0.5, 0.6) is 5.75 Å². The van der Waals surface area contributed by atoms with Crippen molar-refractivity contribution >= 4 is 33.2 Å². The molecule has 0 saturated heterocycles. The molecule has 11 heteroatoms. The van der Waals surface area contributed by atoms with E-state index in [9.17, 15) is 26.4 Å². The Morgan fingerprint density at radius 2 is 1.75 bits per heavy atom. The predicted molar refractivity (Wildman–Crippen MR) is 97.9 cm³/mol. The van der Waals surface area contributed by atoms with E-state index in [1.165, 1.54) is 32.2 Å². The van der Waals surface area contributed by atoms with Gasteiger partial charge in [-0.2, -0.15) is 17.9 Å². The molecule has 0 saturated carbocycles. The number of amides is 1. The van der Waals surface area contributed by atoms with E-state index in [1.54, 1.807) is 0 Å². The van der Waals surface area contributed by atoms with Crippen LogP contribution in [0.4, 0.5) is 18.9 Å². The van der Waals surface area contributed by atoms with Crippen LogP contribution >= 0.6 is 11.6 Å². The molecule has 2 N–H and O–H groups in total. The predicted octanol–water partition coefficient (Wildman–Crippen LogP) is 3.67. The first-order valence-electron chi connectivity index (χ1n) is 7.78. The molecule has 0 unspecified atom stereocenters. The smallest absolute Gasteiger partial charge is 0.416 e. The lowest BCUT2D eigenvalue weighted by Crippen LogP contribution is -2.41. The van der Waals surface area contributed by atoms with Crippen molar-refractivity contribution in [2.45, 2.75) is 24.0 Å². The lowest BCUT2D eigenvalue weighted by atomic mass is 10.2. The molecule has 0 aliphatic rings. The van der Waals surface area contributed by atoms with Gasteiger partial charge in [-0.25, -0.2) is 8.42 Å². The summed E-state index contributed by atoms with van der Waals surface area (Å²) in [5.41, 5.74) is -0.781. The highest BCUT2D eigenvalue weighted by molar-refractivity contribution is 7.89. The van der Waals surface area contributed by atoms with Gasteiger partial charge >= 0.3 is 6.18 Å². The Balaban J connectivity index is 2.12. The second kappa shape index (κ2) is 8.38. The van der Waals surface area contributed by atoms with Crippen molar-refractivity contribution in [2.75, 3.05) is 12.4 Å². The van der Waals surface area contributed by atoms with Gasteiger partial charge < -0.3 is 10.1 Å². The molecule has 152 valence electrons. The van der Waals surface area contributed by atoms with Crippen LogP contribution in [0, 0.1) is 0 Å². The highest BCUT2D eigenvalue weighted by Crippen LogP contribution is 2.30. The zero-order valence-corrected chi connectivity index (χ0v) is 16.2. The van der Waals surface area contributed by atoms with Crippen LogP contribution in [0.1, 0.15) is 12.5 Å². The fourth-order valence-corrected chi connectivity index (χ4v) is 3.84. The number of carbonyl (C=O) groups excluding carboxylic acids is 1. The number of methoxy groups -OCH3 is 1. The number of anilines is 1. The van der Waals surface area contributed by atoms with Gasteiger partial charge in [-0.1, -0.05) is 11.6 Å². The number of benzene rings is 2. The minimum atomic E-state index is -4.50. The molecule has 28 heavy (non-hydrogen) atoms. The summed E-state index contributed by atoms with van der Waals surface area (Å²) in [7, 11) is -2.88. The largest absolute Gasteiger partial charge is 0.495 e. The molecule has 2 rings (SSSR count). The maximum atomic E-state index is 12.6. The second-order valence-corrected chi connectivity index (χ2v) is 7.82. The molecule has 0 aromatic heterocycles. The second-order valence-electron chi connectivity index (χ2n) is 5.70. The zero-order chi connectivity index (χ0) is 21.1. The number of carbonyl (C=O) groups is 1. The number of ether oxygens (including phenoxy) is 1. The topological polar surface area (TPSA) is 84.5 Å². The molecule has 1 amide bonds. The first kappa shape index (κ1) is 22.0. The molecule has 2 aromatic rings. The standard InChI is InChI=1S/C17H16ClF3N2O4S/c1-10(16(24)22-13-6-3-11(4-7-13)17(19,20)21)23-28(25,26)15-9-12(18)5-8-14(15)27-2/h3-10,23H,1-2H3,(H,22,24)/t10-/m1/s1. The summed E-state index contributed by atoms with van der Waals surface area (Å²) in [6.45, 7) is 1.29. The van der Waals surface area contributed by atoms with Crippen molar-refractivity contribution < 1.29 is 31.1 Å². The van der Waals surface area contributed by atoms with Gasteiger partial charge in [-0.3, -0.25) is 4.79 Å². The monoisotopic (exact) mass is 436 g/mol. The fourth-order valence-electron chi connectivity index (χ4n) is 2.20. The molecule has 0 aliphatic carbocycles. The molecular formula is C17H16ClF3N2O4S. The molecule has 1 atom stereocenters. The Hall–Kier alpha value is -2.30. The Kier molecular flexibility index (Phi) is 6.58. The van der Waals surface area contributed by atoms with Crippen LogP contribution in [0.25, 0.3) is 0 Å². The number of rotatable bonds is 6. The van der Waals surface area contributed by atoms with E-state index in [1.807, 2.05) is 0 Å². The lowest BCUT2D eigenvalue weighted by molar-refractivity contribution is -0.137. The normalized spacial score (nSPS) is 13.1. The van der Waals surface area contributed by atoms with E-state index in [2.05, 4.69) is 10.0 Å². The van der Waals surface area contributed by atoms with Gasteiger partial charge in [0.1, 0.15) is 10.6 Å². The maximum absolute atomic E-state index is 12.6. The quantitative estimate of drug-likeness (QED) is 0.723. The summed E-state index contributed by atoms with van der Waals surface area (Å²) in [6.07, 6.45) is -4.50. The zero-order valence-electron chi connectivity index (χ0n) is 14.7. The summed E-state index contributed by atoms with van der Waals surface area (Å²) in [4.78, 5) is 12.0. The van der Waals surface area contributed by atoms with Crippen LogP contribution in [-0.2, 0) is 21.0 Å². The van der Waals surface area contributed by atoms with Crippen molar-refractivity contribution in [1.82, 2.24) is 4.72 Å². The van der Waals surface area contributed by atoms with E-state index in [-0.39, 0.29) is 21.4 Å². The van der Waals surface area contributed by atoms with Crippen molar-refractivity contribution in [3.05, 3.63) is 53.1 Å². The molecule has 0 fully saturated rings. The highest BCUT2D eigenvalue weighted by Gasteiger charge is 2.30. The van der Waals surface area contributed by atoms with Crippen LogP contribution in [0.2, 0.25) is 5.02 Å². The Bertz CT molecular complexity index is 963. The number of alkyl halides is 3. The average molecular weight is 437 g/mol. The maximum Gasteiger partial charge on any atom is 0.416 e. The molecule has 6 nitrogen and oxygen atoms in total.